The van der Waals surface area contributed by atoms with Gasteiger partial charge in [-0.05, 0) is 57.8 Å². The van der Waals surface area contributed by atoms with Gasteiger partial charge < -0.3 is 0 Å². The lowest BCUT2D eigenvalue weighted by atomic mass is 9.71. The highest BCUT2D eigenvalue weighted by molar-refractivity contribution is 5.88. The van der Waals surface area contributed by atoms with Crippen LogP contribution in [0.2, 0.25) is 0 Å². The number of carbonyl (C=O) groups is 2. The molecule has 3 aliphatic carbocycles. The van der Waals surface area contributed by atoms with Crippen molar-refractivity contribution < 1.29 is 9.59 Å². The average molecular weight is 274 g/mol. The number of rotatable bonds is 3. The van der Waals surface area contributed by atoms with E-state index in [-0.39, 0.29) is 17.8 Å². The minimum atomic E-state index is 0.170. The van der Waals surface area contributed by atoms with Crippen molar-refractivity contribution in [3.63, 3.8) is 0 Å². The summed E-state index contributed by atoms with van der Waals surface area (Å²) in [6.45, 7) is 0. The molecule has 20 heavy (non-hydrogen) atoms. The fraction of sp³-hybridized carbons (Fsp3) is 0.778. The molecule has 0 bridgehead atoms. The fourth-order valence-corrected chi connectivity index (χ4v) is 4.40. The normalized spacial score (nSPS) is 35.2. The highest BCUT2D eigenvalue weighted by Crippen LogP contribution is 2.39. The van der Waals surface area contributed by atoms with Crippen molar-refractivity contribution in [2.24, 2.45) is 17.8 Å². The molecule has 0 amide bonds. The summed E-state index contributed by atoms with van der Waals surface area (Å²) in [5.74, 6) is 1.44. The summed E-state index contributed by atoms with van der Waals surface area (Å²) in [5.41, 5.74) is 1.42. The van der Waals surface area contributed by atoms with Crippen LogP contribution in [-0.2, 0) is 9.59 Å². The second-order valence-electron chi connectivity index (χ2n) is 6.90. The molecule has 0 radical (unpaired) electrons. The van der Waals surface area contributed by atoms with Gasteiger partial charge in [0.1, 0.15) is 11.6 Å². The minimum absolute atomic E-state index is 0.170. The van der Waals surface area contributed by atoms with Crippen molar-refractivity contribution in [3.05, 3.63) is 11.6 Å². The Morgan fingerprint density at radius 2 is 1.75 bits per heavy atom. The maximum atomic E-state index is 12.8. The van der Waals surface area contributed by atoms with E-state index in [0.717, 1.165) is 51.4 Å². The standard InChI is InChI=1S/C18H26O2/c19-17-11-5-8-14(17)12-15-9-4-10-16(18(15)20)13-6-2-1-3-7-13/h6,14-16H,1-5,7-12H2/t14-,15-,16+/m1/s1. The van der Waals surface area contributed by atoms with Gasteiger partial charge in [-0.15, -0.1) is 0 Å². The lowest BCUT2D eigenvalue weighted by Gasteiger charge is -2.31. The number of carbonyl (C=O) groups excluding carboxylic acids is 2. The molecule has 110 valence electrons. The summed E-state index contributed by atoms with van der Waals surface area (Å²) in [7, 11) is 0. The lowest BCUT2D eigenvalue weighted by molar-refractivity contribution is -0.129. The molecule has 0 heterocycles. The monoisotopic (exact) mass is 274 g/mol. The molecule has 3 rings (SSSR count). The molecule has 0 N–H and O–H groups in total. The summed E-state index contributed by atoms with van der Waals surface area (Å²) in [6, 6.07) is 0. The molecule has 3 aliphatic rings. The molecular weight excluding hydrogens is 248 g/mol. The predicted molar refractivity (Wildman–Crippen MR) is 79.4 cm³/mol. The molecule has 3 atom stereocenters. The Morgan fingerprint density at radius 1 is 0.900 bits per heavy atom. The fourth-order valence-electron chi connectivity index (χ4n) is 4.40. The van der Waals surface area contributed by atoms with Gasteiger partial charge in [-0.2, -0.15) is 0 Å². The second-order valence-corrected chi connectivity index (χ2v) is 6.90. The van der Waals surface area contributed by atoms with Crippen LogP contribution in [0.1, 0.15) is 70.6 Å². The van der Waals surface area contributed by atoms with E-state index in [0.29, 0.717) is 11.6 Å². The molecule has 0 spiro atoms. The van der Waals surface area contributed by atoms with Crippen LogP contribution in [0.25, 0.3) is 0 Å². The van der Waals surface area contributed by atoms with Crippen molar-refractivity contribution in [2.45, 2.75) is 70.6 Å². The van der Waals surface area contributed by atoms with E-state index in [1.165, 1.54) is 24.8 Å². The smallest absolute Gasteiger partial charge is 0.143 e. The summed E-state index contributed by atoms with van der Waals surface area (Å²) < 4.78 is 0. The predicted octanol–water partition coefficient (Wildman–Crippen LogP) is 4.23. The van der Waals surface area contributed by atoms with Crippen LogP contribution >= 0.6 is 0 Å². The Hall–Kier alpha value is -0.920. The summed E-state index contributed by atoms with van der Waals surface area (Å²) in [6.07, 6.45) is 14.1. The van der Waals surface area contributed by atoms with Gasteiger partial charge in [0, 0.05) is 24.2 Å². The van der Waals surface area contributed by atoms with Gasteiger partial charge in [0.2, 0.25) is 0 Å². The number of ketones is 2. The third-order valence-electron chi connectivity index (χ3n) is 5.57. The van der Waals surface area contributed by atoms with Crippen LogP contribution in [0, 0.1) is 17.8 Å². The number of Topliss-reactive ketones (excluding diaryl/α,β-unsaturated/α-hetero) is 2. The topological polar surface area (TPSA) is 34.1 Å². The SMILES string of the molecule is O=C1CCC[C@@H]1C[C@H]1CCC[C@@H](C2=CCCCC2)C1=O. The van der Waals surface area contributed by atoms with Crippen LogP contribution < -0.4 is 0 Å². The van der Waals surface area contributed by atoms with Crippen molar-refractivity contribution in [3.8, 4) is 0 Å². The van der Waals surface area contributed by atoms with Crippen molar-refractivity contribution >= 4 is 11.6 Å². The van der Waals surface area contributed by atoms with E-state index in [2.05, 4.69) is 6.08 Å². The maximum absolute atomic E-state index is 12.8. The lowest BCUT2D eigenvalue weighted by Crippen LogP contribution is -2.32. The van der Waals surface area contributed by atoms with Gasteiger partial charge in [-0.1, -0.05) is 18.1 Å². The van der Waals surface area contributed by atoms with E-state index in [1.807, 2.05) is 0 Å². The Balaban J connectivity index is 1.65. The largest absolute Gasteiger partial charge is 0.299 e. The van der Waals surface area contributed by atoms with E-state index < -0.39 is 0 Å². The zero-order chi connectivity index (χ0) is 13.9. The van der Waals surface area contributed by atoms with Crippen LogP contribution in [0.4, 0.5) is 0 Å². The molecule has 0 aromatic rings. The molecule has 2 nitrogen and oxygen atoms in total. The molecule has 0 saturated heterocycles. The number of hydrogen-bond acceptors (Lipinski definition) is 2. The highest BCUT2D eigenvalue weighted by Gasteiger charge is 2.36. The van der Waals surface area contributed by atoms with Gasteiger partial charge in [0.25, 0.3) is 0 Å². The second kappa shape index (κ2) is 6.24. The third kappa shape index (κ3) is 2.89. The van der Waals surface area contributed by atoms with Crippen molar-refractivity contribution in [1.29, 1.82) is 0 Å². The quantitative estimate of drug-likeness (QED) is 0.722. The molecule has 0 aliphatic heterocycles. The van der Waals surface area contributed by atoms with Crippen LogP contribution in [-0.4, -0.2) is 11.6 Å². The molecular formula is C18H26O2. The Morgan fingerprint density at radius 3 is 2.45 bits per heavy atom. The molecule has 2 saturated carbocycles. The summed E-state index contributed by atoms with van der Waals surface area (Å²) in [5, 5.41) is 0. The molecule has 2 heteroatoms. The van der Waals surface area contributed by atoms with Gasteiger partial charge >= 0.3 is 0 Å². The average Bonchev–Trinajstić information content (AvgIpc) is 2.88. The zero-order valence-corrected chi connectivity index (χ0v) is 12.4. The number of hydrogen-bond donors (Lipinski definition) is 0. The van der Waals surface area contributed by atoms with Crippen molar-refractivity contribution in [2.75, 3.05) is 0 Å². The van der Waals surface area contributed by atoms with E-state index in [1.54, 1.807) is 0 Å². The Bertz CT molecular complexity index is 421. The number of allylic oxidation sites excluding steroid dienone is 2. The van der Waals surface area contributed by atoms with Crippen LogP contribution in [0.5, 0.6) is 0 Å². The first-order valence-corrected chi connectivity index (χ1v) is 8.51. The molecule has 2 fully saturated rings. The van der Waals surface area contributed by atoms with Crippen LogP contribution in [0.15, 0.2) is 11.6 Å². The summed E-state index contributed by atoms with van der Waals surface area (Å²) in [4.78, 5) is 24.6. The Kier molecular flexibility index (Phi) is 4.38. The van der Waals surface area contributed by atoms with Gasteiger partial charge in [0.15, 0.2) is 0 Å². The Labute approximate surface area is 122 Å². The first-order valence-electron chi connectivity index (χ1n) is 8.51. The maximum Gasteiger partial charge on any atom is 0.143 e. The van der Waals surface area contributed by atoms with E-state index in [9.17, 15) is 9.59 Å². The van der Waals surface area contributed by atoms with E-state index >= 15 is 0 Å². The molecule has 0 unspecified atom stereocenters. The van der Waals surface area contributed by atoms with Gasteiger partial charge in [-0.25, -0.2) is 0 Å². The first kappa shape index (κ1) is 14.0. The molecule has 0 aromatic heterocycles. The minimum Gasteiger partial charge on any atom is -0.299 e. The zero-order valence-electron chi connectivity index (χ0n) is 12.4. The van der Waals surface area contributed by atoms with E-state index in [4.69, 9.17) is 0 Å². The highest BCUT2D eigenvalue weighted by atomic mass is 16.1. The first-order chi connectivity index (χ1) is 9.75. The van der Waals surface area contributed by atoms with Gasteiger partial charge in [0.05, 0.1) is 0 Å². The summed E-state index contributed by atoms with van der Waals surface area (Å²) >= 11 is 0. The third-order valence-corrected chi connectivity index (χ3v) is 5.57. The van der Waals surface area contributed by atoms with Gasteiger partial charge in [-0.3, -0.25) is 9.59 Å². The van der Waals surface area contributed by atoms with Crippen molar-refractivity contribution in [1.82, 2.24) is 0 Å². The van der Waals surface area contributed by atoms with Crippen LogP contribution in [0.3, 0.4) is 0 Å². The molecule has 0 aromatic carbocycles.